The number of aryl methyl sites for hydroxylation is 1. The van der Waals surface area contributed by atoms with E-state index >= 15 is 0 Å². The fourth-order valence-electron chi connectivity index (χ4n) is 5.89. The molecule has 0 spiro atoms. The number of hydrogen-bond donors (Lipinski definition) is 2. The van der Waals surface area contributed by atoms with Crippen molar-refractivity contribution in [3.05, 3.63) is 73.5 Å². The summed E-state index contributed by atoms with van der Waals surface area (Å²) >= 11 is 6.02. The van der Waals surface area contributed by atoms with Gasteiger partial charge in [0.1, 0.15) is 17.6 Å². The zero-order valence-electron chi connectivity index (χ0n) is 19.5. The Morgan fingerprint density at radius 1 is 1.19 bits per heavy atom. The fraction of sp³-hybridized carbons (Fsp3) is 0.458. The first-order chi connectivity index (χ1) is 17.6. The Balaban J connectivity index is 1.63. The fourth-order valence-corrected chi connectivity index (χ4v) is 6.01. The second-order valence-electron chi connectivity index (χ2n) is 9.31. The molecule has 0 saturated carbocycles. The number of aliphatic carboxylic acids is 2. The molecule has 0 radical (unpaired) electrons. The van der Waals surface area contributed by atoms with Gasteiger partial charge in [-0.15, -0.1) is 10.1 Å². The van der Waals surface area contributed by atoms with E-state index in [4.69, 9.17) is 25.8 Å². The Hall–Kier alpha value is -3.32. The van der Waals surface area contributed by atoms with Crippen LogP contribution in [0, 0.1) is 23.0 Å². The topological polar surface area (TPSA) is 168 Å². The molecule has 12 nitrogen and oxygen atoms in total. The van der Waals surface area contributed by atoms with Gasteiger partial charge in [-0.1, -0.05) is 23.7 Å². The molecular formula is C24H23ClN2O10. The number of carboxylic acid groups (broad SMARTS) is 2. The molecule has 0 amide bonds. The Bertz CT molecular complexity index is 1250. The number of pyridine rings is 1. The van der Waals surface area contributed by atoms with Gasteiger partial charge in [0.05, 0.1) is 32.3 Å². The third-order valence-electron chi connectivity index (χ3n) is 7.38. The van der Waals surface area contributed by atoms with E-state index in [1.807, 2.05) is 0 Å². The smallest absolute Gasteiger partial charge is 0.315 e. The molecule has 0 bridgehead atoms. The van der Waals surface area contributed by atoms with Crippen molar-refractivity contribution in [2.45, 2.75) is 49.8 Å². The zero-order chi connectivity index (χ0) is 26.5. The van der Waals surface area contributed by atoms with Crippen LogP contribution in [0.15, 0.2) is 30.5 Å². The number of carbonyl (C=O) groups is 2. The van der Waals surface area contributed by atoms with Gasteiger partial charge in [-0.05, 0) is 35.7 Å². The van der Waals surface area contributed by atoms with Crippen LogP contribution in [0.3, 0.4) is 0 Å². The normalized spacial score (nSPS) is 27.8. The summed E-state index contributed by atoms with van der Waals surface area (Å²) in [4.78, 5) is 45.3. The summed E-state index contributed by atoms with van der Waals surface area (Å²) in [6.45, 7) is 1.26. The van der Waals surface area contributed by atoms with Gasteiger partial charge in [-0.3, -0.25) is 14.6 Å². The highest BCUT2D eigenvalue weighted by Gasteiger charge is 2.62. The maximum Gasteiger partial charge on any atom is 0.315 e. The van der Waals surface area contributed by atoms with Gasteiger partial charge < -0.3 is 29.3 Å². The van der Waals surface area contributed by atoms with Crippen molar-refractivity contribution in [1.29, 1.82) is 0 Å². The summed E-state index contributed by atoms with van der Waals surface area (Å²) in [7, 11) is 0. The number of fused-ring (bicyclic) bond motifs is 2. The molecule has 1 unspecified atom stereocenters. The van der Waals surface area contributed by atoms with Gasteiger partial charge in [0, 0.05) is 28.4 Å². The number of carboxylic acids is 2. The zero-order valence-corrected chi connectivity index (χ0v) is 20.3. The predicted octanol–water partition coefficient (Wildman–Crippen LogP) is 2.45. The molecule has 2 saturated heterocycles. The van der Waals surface area contributed by atoms with E-state index in [1.54, 1.807) is 37.4 Å². The van der Waals surface area contributed by atoms with E-state index in [1.165, 1.54) is 0 Å². The average molecular weight is 535 g/mol. The van der Waals surface area contributed by atoms with Crippen LogP contribution in [0.25, 0.3) is 0 Å². The van der Waals surface area contributed by atoms with Gasteiger partial charge >= 0.3 is 11.9 Å². The Kier molecular flexibility index (Phi) is 6.52. The minimum atomic E-state index is -2.02. The molecule has 2 fully saturated rings. The molecule has 6 atom stereocenters. The van der Waals surface area contributed by atoms with Gasteiger partial charge in [0.15, 0.2) is 6.10 Å². The molecule has 4 heterocycles. The highest BCUT2D eigenvalue weighted by atomic mass is 35.5. The molecule has 1 aromatic carbocycles. The quantitative estimate of drug-likeness (QED) is 0.377. The van der Waals surface area contributed by atoms with Crippen LogP contribution in [0.2, 0.25) is 5.02 Å². The standard InChI is InChI=1S/C24H23ClN2O10/c1-11-19(15-8-34-20(14(15)7-26-11)12-2-4-13(25)5-3-12)24(23(30)31,6-18(28)29)16-9-35-22-17(37-27(32)33)10-36-21(16)22/h2-5,7,16-17,20-22H,6,8-10H2,1H3,(H,28,29)(H,30,31)/t16-,17+,20?,21+,22+,24-/m0/s1. The van der Waals surface area contributed by atoms with Crippen molar-refractivity contribution >= 4 is 23.5 Å². The summed E-state index contributed by atoms with van der Waals surface area (Å²) in [6, 6.07) is 7.01. The van der Waals surface area contributed by atoms with Crippen molar-refractivity contribution in [1.82, 2.24) is 4.98 Å². The highest BCUT2D eigenvalue weighted by molar-refractivity contribution is 6.30. The van der Waals surface area contributed by atoms with E-state index in [0.29, 0.717) is 21.8 Å². The number of aromatic nitrogens is 1. The second-order valence-corrected chi connectivity index (χ2v) is 9.75. The molecule has 2 N–H and O–H groups in total. The first kappa shape index (κ1) is 25.3. The Morgan fingerprint density at radius 2 is 1.89 bits per heavy atom. The van der Waals surface area contributed by atoms with Crippen LogP contribution >= 0.6 is 11.6 Å². The second kappa shape index (κ2) is 9.53. The third kappa shape index (κ3) is 4.19. The van der Waals surface area contributed by atoms with E-state index in [9.17, 15) is 29.9 Å². The molecule has 37 heavy (non-hydrogen) atoms. The van der Waals surface area contributed by atoms with Crippen molar-refractivity contribution in [2.75, 3.05) is 13.2 Å². The number of rotatable bonds is 8. The third-order valence-corrected chi connectivity index (χ3v) is 7.63. The van der Waals surface area contributed by atoms with Gasteiger partial charge in [0.25, 0.3) is 5.09 Å². The summed E-state index contributed by atoms with van der Waals surface area (Å²) in [5, 5.41) is 31.1. The minimum Gasteiger partial charge on any atom is -0.481 e. The molecule has 1 aromatic heterocycles. The molecule has 3 aliphatic rings. The summed E-state index contributed by atoms with van der Waals surface area (Å²) in [6.07, 6.45) is -2.65. The minimum absolute atomic E-state index is 0.0333. The number of halogens is 1. The van der Waals surface area contributed by atoms with Crippen molar-refractivity contribution < 1.29 is 43.9 Å². The maximum atomic E-state index is 13.1. The molecule has 196 valence electrons. The molecular weight excluding hydrogens is 512 g/mol. The monoisotopic (exact) mass is 534 g/mol. The van der Waals surface area contributed by atoms with Gasteiger partial charge in [0.2, 0.25) is 0 Å². The van der Waals surface area contributed by atoms with Crippen LogP contribution in [-0.2, 0) is 40.7 Å². The SMILES string of the molecule is Cc1ncc2c(c1[C@@](CC(=O)O)(C(=O)O)[C@H]1CO[C@H]3[C@@H]1OC[C@H]3O[N+](=O)[O-])COC2c1ccc(Cl)cc1. The maximum absolute atomic E-state index is 13.1. The van der Waals surface area contributed by atoms with Crippen LogP contribution < -0.4 is 0 Å². The predicted molar refractivity (Wildman–Crippen MR) is 123 cm³/mol. The Labute approximate surface area is 215 Å². The van der Waals surface area contributed by atoms with Crippen LogP contribution in [0.5, 0.6) is 0 Å². The lowest BCUT2D eigenvalue weighted by atomic mass is 9.64. The van der Waals surface area contributed by atoms with Crippen LogP contribution in [0.4, 0.5) is 0 Å². The lowest BCUT2D eigenvalue weighted by Crippen LogP contribution is -2.51. The first-order valence-electron chi connectivity index (χ1n) is 11.5. The number of hydrogen-bond acceptors (Lipinski definition) is 9. The van der Waals surface area contributed by atoms with E-state index in [2.05, 4.69) is 9.82 Å². The lowest BCUT2D eigenvalue weighted by molar-refractivity contribution is -0.769. The average Bonchev–Trinajstić information content (AvgIpc) is 3.54. The molecule has 0 aliphatic carbocycles. The largest absolute Gasteiger partial charge is 0.481 e. The van der Waals surface area contributed by atoms with Crippen LogP contribution in [-0.4, -0.2) is 63.7 Å². The van der Waals surface area contributed by atoms with Gasteiger partial charge in [-0.2, -0.15) is 0 Å². The number of ether oxygens (including phenoxy) is 3. The molecule has 2 aromatic rings. The van der Waals surface area contributed by atoms with Gasteiger partial charge in [-0.25, -0.2) is 0 Å². The summed E-state index contributed by atoms with van der Waals surface area (Å²) in [5.74, 6) is -3.72. The molecule has 3 aliphatic heterocycles. The molecule has 5 rings (SSSR count). The van der Waals surface area contributed by atoms with Crippen molar-refractivity contribution in [3.8, 4) is 0 Å². The van der Waals surface area contributed by atoms with E-state index < -0.39 is 59.2 Å². The number of benzene rings is 1. The van der Waals surface area contributed by atoms with Crippen molar-refractivity contribution in [3.63, 3.8) is 0 Å². The number of nitrogens with zero attached hydrogens (tertiary/aromatic N) is 2. The molecule has 13 heteroatoms. The summed E-state index contributed by atoms with van der Waals surface area (Å²) in [5.41, 5.74) is 0.485. The first-order valence-corrected chi connectivity index (χ1v) is 11.9. The Morgan fingerprint density at radius 3 is 2.54 bits per heavy atom. The van der Waals surface area contributed by atoms with Crippen molar-refractivity contribution in [2.24, 2.45) is 5.92 Å². The van der Waals surface area contributed by atoms with E-state index in [0.717, 1.165) is 5.56 Å². The highest BCUT2D eigenvalue weighted by Crippen LogP contribution is 2.50. The van der Waals surface area contributed by atoms with E-state index in [-0.39, 0.29) is 25.4 Å². The lowest BCUT2D eigenvalue weighted by Gasteiger charge is -2.38. The van der Waals surface area contributed by atoms with Crippen LogP contribution in [0.1, 0.15) is 40.5 Å². The summed E-state index contributed by atoms with van der Waals surface area (Å²) < 4.78 is 17.6.